The molecule has 1 rings (SSSR count). The molecule has 0 aromatic carbocycles. The smallest absolute Gasteiger partial charge is 0.306 e. The molecule has 0 aromatic rings. The van der Waals surface area contributed by atoms with Gasteiger partial charge in [-0.2, -0.15) is 0 Å². The molecule has 1 fully saturated rings. The molecule has 0 bridgehead atoms. The van der Waals surface area contributed by atoms with E-state index in [1.54, 1.807) is 0 Å². The minimum absolute atomic E-state index is 0.108. The molecule has 0 amide bonds. The summed E-state index contributed by atoms with van der Waals surface area (Å²) in [5.41, 5.74) is 0. The van der Waals surface area contributed by atoms with Gasteiger partial charge < -0.3 is 39.4 Å². The molecule has 362 valence electrons. The molecular formula is C52H100O9. The maximum atomic E-state index is 12.8. The third-order valence-corrected chi connectivity index (χ3v) is 12.4. The van der Waals surface area contributed by atoms with Crippen LogP contribution in [0.5, 0.6) is 0 Å². The number of rotatable bonds is 46. The van der Waals surface area contributed by atoms with Gasteiger partial charge in [0.15, 0.2) is 6.29 Å². The van der Waals surface area contributed by atoms with Crippen LogP contribution in [0.2, 0.25) is 0 Å². The van der Waals surface area contributed by atoms with Gasteiger partial charge in [0.25, 0.3) is 0 Å². The van der Waals surface area contributed by atoms with Gasteiger partial charge >= 0.3 is 5.97 Å². The van der Waals surface area contributed by atoms with E-state index in [9.17, 15) is 25.2 Å². The maximum Gasteiger partial charge on any atom is 0.306 e. The number of esters is 1. The zero-order valence-electron chi connectivity index (χ0n) is 39.9. The lowest BCUT2D eigenvalue weighted by Crippen LogP contribution is -2.59. The van der Waals surface area contributed by atoms with Crippen molar-refractivity contribution < 1.29 is 44.2 Å². The van der Waals surface area contributed by atoms with E-state index in [0.717, 1.165) is 32.1 Å². The summed E-state index contributed by atoms with van der Waals surface area (Å²) < 4.78 is 22.9. The van der Waals surface area contributed by atoms with Gasteiger partial charge in [0, 0.05) is 13.0 Å². The second-order valence-corrected chi connectivity index (χ2v) is 18.3. The Balaban J connectivity index is 2.18. The van der Waals surface area contributed by atoms with Crippen molar-refractivity contribution in [2.24, 2.45) is 0 Å². The van der Waals surface area contributed by atoms with Crippen LogP contribution >= 0.6 is 0 Å². The van der Waals surface area contributed by atoms with E-state index in [1.165, 1.54) is 199 Å². The Labute approximate surface area is 375 Å². The van der Waals surface area contributed by atoms with E-state index in [2.05, 4.69) is 26.0 Å². The Bertz CT molecular complexity index is 946. The highest BCUT2D eigenvalue weighted by Crippen LogP contribution is 2.23. The Hall–Kier alpha value is -1.07. The van der Waals surface area contributed by atoms with E-state index in [-0.39, 0.29) is 19.2 Å². The predicted molar refractivity (Wildman–Crippen MR) is 252 cm³/mol. The van der Waals surface area contributed by atoms with Gasteiger partial charge in [-0.1, -0.05) is 219 Å². The average Bonchev–Trinajstić information content (AvgIpc) is 3.26. The quantitative estimate of drug-likeness (QED) is 0.0268. The largest absolute Gasteiger partial charge is 0.457 e. The molecule has 6 atom stereocenters. The Morgan fingerprint density at radius 2 is 0.902 bits per heavy atom. The Morgan fingerprint density at radius 3 is 1.33 bits per heavy atom. The van der Waals surface area contributed by atoms with Crippen LogP contribution < -0.4 is 0 Å². The molecule has 1 aliphatic rings. The van der Waals surface area contributed by atoms with E-state index < -0.39 is 43.4 Å². The van der Waals surface area contributed by atoms with Crippen LogP contribution in [0.15, 0.2) is 12.2 Å². The molecular weight excluding hydrogens is 769 g/mol. The minimum Gasteiger partial charge on any atom is -0.457 e. The van der Waals surface area contributed by atoms with Gasteiger partial charge in [-0.05, 0) is 38.5 Å². The van der Waals surface area contributed by atoms with E-state index in [0.29, 0.717) is 13.0 Å². The first-order valence-electron chi connectivity index (χ1n) is 26.3. The molecule has 61 heavy (non-hydrogen) atoms. The highest BCUT2D eigenvalue weighted by Gasteiger charge is 2.44. The zero-order chi connectivity index (χ0) is 44.3. The van der Waals surface area contributed by atoms with E-state index >= 15 is 0 Å². The normalized spacial score (nSPS) is 19.9. The number of hydrogen-bond acceptors (Lipinski definition) is 9. The predicted octanol–water partition coefficient (Wildman–Crippen LogP) is 12.8. The monoisotopic (exact) mass is 869 g/mol. The second-order valence-electron chi connectivity index (χ2n) is 18.3. The third-order valence-electron chi connectivity index (χ3n) is 12.4. The number of unbranched alkanes of at least 4 members (excludes halogenated alkanes) is 33. The molecule has 9 nitrogen and oxygen atoms in total. The summed E-state index contributed by atoms with van der Waals surface area (Å²) >= 11 is 0. The summed E-state index contributed by atoms with van der Waals surface area (Å²) in [6.07, 6.45) is 43.9. The summed E-state index contributed by atoms with van der Waals surface area (Å²) in [6, 6.07) is 0. The van der Waals surface area contributed by atoms with Crippen LogP contribution in [0, 0.1) is 0 Å². The molecule has 1 aliphatic heterocycles. The number of carbonyl (C=O) groups is 1. The summed E-state index contributed by atoms with van der Waals surface area (Å²) in [6.45, 7) is 4.61. The van der Waals surface area contributed by atoms with Gasteiger partial charge in [0.2, 0.25) is 0 Å². The Kier molecular flexibility index (Phi) is 41.9. The van der Waals surface area contributed by atoms with Gasteiger partial charge in [-0.25, -0.2) is 0 Å². The first kappa shape index (κ1) is 57.9. The number of aliphatic hydroxyl groups excluding tert-OH is 4. The van der Waals surface area contributed by atoms with Crippen molar-refractivity contribution in [1.29, 1.82) is 0 Å². The lowest BCUT2D eigenvalue weighted by Gasteiger charge is -2.39. The minimum atomic E-state index is -1.53. The number of allylic oxidation sites excluding steroid dienone is 2. The number of carbonyl (C=O) groups excluding carboxylic acids is 1. The summed E-state index contributed by atoms with van der Waals surface area (Å²) in [5.74, 6) is -0.310. The van der Waals surface area contributed by atoms with E-state index in [4.69, 9.17) is 18.9 Å². The molecule has 6 unspecified atom stereocenters. The molecule has 9 heteroatoms. The van der Waals surface area contributed by atoms with Gasteiger partial charge in [0.05, 0.1) is 19.8 Å². The fraction of sp³-hybridized carbons (Fsp3) is 0.942. The molecule has 1 heterocycles. The van der Waals surface area contributed by atoms with E-state index in [1.807, 2.05) is 0 Å². The van der Waals surface area contributed by atoms with Gasteiger partial charge in [-0.15, -0.1) is 0 Å². The van der Waals surface area contributed by atoms with Crippen molar-refractivity contribution >= 4 is 5.97 Å². The highest BCUT2D eigenvalue weighted by molar-refractivity contribution is 5.69. The zero-order valence-corrected chi connectivity index (χ0v) is 39.9. The van der Waals surface area contributed by atoms with Gasteiger partial charge in [0.1, 0.15) is 30.5 Å². The van der Waals surface area contributed by atoms with Crippen LogP contribution in [0.3, 0.4) is 0 Å². The topological polar surface area (TPSA) is 135 Å². The summed E-state index contributed by atoms with van der Waals surface area (Å²) in [7, 11) is 0. The SMILES string of the molecule is CCCCCCCC/C=C\CCCCCCCCCCCC(=O)OC(COCCCCCCCCCCCCCCCCCCCCC)COC1OC(CO)C(O)C(O)C1O. The molecule has 0 aliphatic carbocycles. The van der Waals surface area contributed by atoms with Crippen LogP contribution in [-0.2, 0) is 23.7 Å². The molecule has 0 radical (unpaired) electrons. The maximum absolute atomic E-state index is 12.8. The van der Waals surface area contributed by atoms with Crippen LogP contribution in [0.4, 0.5) is 0 Å². The third kappa shape index (κ3) is 34.9. The fourth-order valence-corrected chi connectivity index (χ4v) is 8.31. The summed E-state index contributed by atoms with van der Waals surface area (Å²) in [5, 5.41) is 40.2. The molecule has 1 saturated heterocycles. The van der Waals surface area contributed by atoms with Crippen molar-refractivity contribution in [1.82, 2.24) is 0 Å². The van der Waals surface area contributed by atoms with Crippen molar-refractivity contribution in [2.75, 3.05) is 26.4 Å². The highest BCUT2D eigenvalue weighted by atomic mass is 16.7. The first-order valence-corrected chi connectivity index (χ1v) is 26.3. The Morgan fingerprint density at radius 1 is 0.508 bits per heavy atom. The van der Waals surface area contributed by atoms with Gasteiger partial charge in [-0.3, -0.25) is 4.79 Å². The number of ether oxygens (including phenoxy) is 4. The molecule has 0 saturated carbocycles. The standard InChI is InChI=1S/C52H100O9/c1-3-5-7-9-11-13-15-17-19-21-23-25-27-29-31-33-35-37-39-41-48(54)60-46(45-59-52-51(57)50(56)49(55)47(43-53)61-52)44-58-42-40-38-36-34-32-30-28-26-24-22-20-18-16-14-12-10-8-6-4-2/h17,19,46-47,49-53,55-57H,3-16,18,20-45H2,1-2H3/b19-17-. The summed E-state index contributed by atoms with van der Waals surface area (Å²) in [4.78, 5) is 12.8. The van der Waals surface area contributed by atoms with Crippen molar-refractivity contribution in [3.05, 3.63) is 12.2 Å². The van der Waals surface area contributed by atoms with Crippen LogP contribution in [0.1, 0.15) is 251 Å². The second kappa shape index (κ2) is 44.1. The van der Waals surface area contributed by atoms with Crippen LogP contribution in [0.25, 0.3) is 0 Å². The lowest BCUT2D eigenvalue weighted by molar-refractivity contribution is -0.305. The number of aliphatic hydroxyl groups is 4. The van der Waals surface area contributed by atoms with Crippen molar-refractivity contribution in [2.45, 2.75) is 288 Å². The molecule has 0 aromatic heterocycles. The number of hydrogen-bond donors (Lipinski definition) is 4. The van der Waals surface area contributed by atoms with Crippen LogP contribution in [-0.4, -0.2) is 89.6 Å². The molecule has 4 N–H and O–H groups in total. The first-order chi connectivity index (χ1) is 29.9. The van der Waals surface area contributed by atoms with Crippen molar-refractivity contribution in [3.8, 4) is 0 Å². The average molecular weight is 869 g/mol. The lowest BCUT2D eigenvalue weighted by atomic mass is 9.99. The fourth-order valence-electron chi connectivity index (χ4n) is 8.31. The van der Waals surface area contributed by atoms with Crippen molar-refractivity contribution in [3.63, 3.8) is 0 Å². The molecule has 0 spiro atoms.